The van der Waals surface area contributed by atoms with Crippen LogP contribution in [0.4, 0.5) is 23.7 Å². The molecule has 6 nitrogen and oxygen atoms in total. The van der Waals surface area contributed by atoms with E-state index in [4.69, 9.17) is 5.26 Å². The van der Waals surface area contributed by atoms with Gasteiger partial charge in [0.1, 0.15) is 0 Å². The van der Waals surface area contributed by atoms with E-state index in [-0.39, 0.29) is 11.3 Å². The van der Waals surface area contributed by atoms with Crippen LogP contribution in [-0.2, 0) is 16.5 Å². The van der Waals surface area contributed by atoms with Crippen molar-refractivity contribution >= 4 is 17.6 Å². The van der Waals surface area contributed by atoms with Gasteiger partial charge in [-0.2, -0.15) is 18.4 Å². The molecule has 3 amide bonds. The maximum absolute atomic E-state index is 13.2. The first-order chi connectivity index (χ1) is 12.7. The number of anilines is 1. The second-order valence-corrected chi connectivity index (χ2v) is 5.84. The molecule has 27 heavy (non-hydrogen) atoms. The van der Waals surface area contributed by atoms with E-state index in [0.29, 0.717) is 11.0 Å². The number of alkyl halides is 3. The molecule has 3 rings (SSSR count). The molecule has 0 spiro atoms. The highest BCUT2D eigenvalue weighted by Gasteiger charge is 2.53. The number of hydrogen-bond acceptors (Lipinski definition) is 4. The van der Waals surface area contributed by atoms with Gasteiger partial charge in [0.05, 0.1) is 29.5 Å². The van der Waals surface area contributed by atoms with Crippen molar-refractivity contribution in [1.82, 2.24) is 5.32 Å². The Morgan fingerprint density at radius 2 is 1.81 bits per heavy atom. The van der Waals surface area contributed by atoms with Crippen molar-refractivity contribution in [2.24, 2.45) is 0 Å². The number of rotatable bonds is 3. The standard InChI is InChI=1S/C18H12F3N3O3/c19-18(20,21)14-8-13(7-6-11(14)9-22)24-15(26)17(10-25,23-16(24)27)12-4-2-1-3-5-12/h1-8,25H,10H2,(H,23,27). The van der Waals surface area contributed by atoms with E-state index in [1.54, 1.807) is 18.2 Å². The smallest absolute Gasteiger partial charge is 0.393 e. The van der Waals surface area contributed by atoms with Crippen LogP contribution in [0, 0.1) is 11.3 Å². The summed E-state index contributed by atoms with van der Waals surface area (Å²) in [5.41, 5.74) is -3.75. The molecule has 138 valence electrons. The van der Waals surface area contributed by atoms with Crippen molar-refractivity contribution in [2.45, 2.75) is 11.7 Å². The molecule has 1 heterocycles. The second kappa shape index (κ2) is 6.41. The van der Waals surface area contributed by atoms with Gasteiger partial charge in [0.25, 0.3) is 5.91 Å². The van der Waals surface area contributed by atoms with Crippen LogP contribution < -0.4 is 10.2 Å². The summed E-state index contributed by atoms with van der Waals surface area (Å²) >= 11 is 0. The maximum atomic E-state index is 13.2. The third-order valence-corrected chi connectivity index (χ3v) is 4.28. The Hall–Kier alpha value is -3.38. The zero-order valence-electron chi connectivity index (χ0n) is 13.6. The van der Waals surface area contributed by atoms with Crippen molar-refractivity contribution in [3.63, 3.8) is 0 Å². The highest BCUT2D eigenvalue weighted by molar-refractivity contribution is 6.23. The van der Waals surface area contributed by atoms with Gasteiger partial charge in [-0.05, 0) is 23.8 Å². The summed E-state index contributed by atoms with van der Waals surface area (Å²) in [6.07, 6.45) is -4.84. The molecule has 2 aromatic carbocycles. The number of nitrogens with one attached hydrogen (secondary N) is 1. The molecular formula is C18H12F3N3O3. The quantitative estimate of drug-likeness (QED) is 0.807. The lowest BCUT2D eigenvalue weighted by molar-refractivity contribution is -0.137. The Labute approximate surface area is 151 Å². The minimum absolute atomic E-state index is 0.290. The van der Waals surface area contributed by atoms with Crippen LogP contribution in [0.3, 0.4) is 0 Å². The van der Waals surface area contributed by atoms with Gasteiger partial charge in [-0.3, -0.25) is 4.79 Å². The normalized spacial score (nSPS) is 19.7. The molecule has 0 aromatic heterocycles. The number of imide groups is 1. The number of aliphatic hydroxyl groups is 1. The minimum atomic E-state index is -4.84. The number of nitriles is 1. The lowest BCUT2D eigenvalue weighted by atomic mass is 9.90. The van der Waals surface area contributed by atoms with Gasteiger partial charge in [-0.25, -0.2) is 9.69 Å². The summed E-state index contributed by atoms with van der Waals surface area (Å²) in [5.74, 6) is -0.918. The molecule has 1 aliphatic rings. The van der Waals surface area contributed by atoms with Crippen LogP contribution in [0.2, 0.25) is 0 Å². The number of benzene rings is 2. The Morgan fingerprint density at radius 1 is 1.15 bits per heavy atom. The lowest BCUT2D eigenvalue weighted by Gasteiger charge is -2.24. The Kier molecular flexibility index (Phi) is 4.37. The molecule has 2 N–H and O–H groups in total. The number of carbonyl (C=O) groups is 2. The van der Waals surface area contributed by atoms with Crippen LogP contribution in [0.15, 0.2) is 48.5 Å². The number of halogens is 3. The molecule has 0 bridgehead atoms. The third-order valence-electron chi connectivity index (χ3n) is 4.28. The van der Waals surface area contributed by atoms with Crippen molar-refractivity contribution in [3.05, 3.63) is 65.2 Å². The molecule has 2 aromatic rings. The summed E-state index contributed by atoms with van der Waals surface area (Å²) < 4.78 is 39.6. The SMILES string of the molecule is N#Cc1ccc(N2C(=O)NC(CO)(c3ccccc3)C2=O)cc1C(F)(F)F. The van der Waals surface area contributed by atoms with Gasteiger partial charge in [-0.1, -0.05) is 30.3 Å². The molecule has 1 fully saturated rings. The third kappa shape index (κ3) is 2.90. The molecule has 1 aliphatic heterocycles. The first-order valence-electron chi connectivity index (χ1n) is 7.69. The number of urea groups is 1. The summed E-state index contributed by atoms with van der Waals surface area (Å²) in [7, 11) is 0. The van der Waals surface area contributed by atoms with E-state index in [2.05, 4.69) is 5.32 Å². The van der Waals surface area contributed by atoms with E-state index in [1.165, 1.54) is 18.2 Å². The molecule has 0 saturated carbocycles. The summed E-state index contributed by atoms with van der Waals surface area (Å²) in [6.45, 7) is -0.777. The van der Waals surface area contributed by atoms with E-state index >= 15 is 0 Å². The molecule has 0 radical (unpaired) electrons. The van der Waals surface area contributed by atoms with Crippen molar-refractivity contribution in [3.8, 4) is 6.07 Å². The van der Waals surface area contributed by atoms with Crippen molar-refractivity contribution in [2.75, 3.05) is 11.5 Å². The Morgan fingerprint density at radius 3 is 2.37 bits per heavy atom. The summed E-state index contributed by atoms with van der Waals surface area (Å²) in [6, 6.07) is 10.9. The zero-order valence-corrected chi connectivity index (χ0v) is 13.6. The van der Waals surface area contributed by atoms with Gasteiger partial charge in [0.2, 0.25) is 0 Å². The van der Waals surface area contributed by atoms with Crippen molar-refractivity contribution < 1.29 is 27.9 Å². The van der Waals surface area contributed by atoms with Crippen LogP contribution >= 0.6 is 0 Å². The minimum Gasteiger partial charge on any atom is -0.393 e. The van der Waals surface area contributed by atoms with Gasteiger partial charge < -0.3 is 10.4 Å². The summed E-state index contributed by atoms with van der Waals surface area (Å²) in [4.78, 5) is 25.8. The monoisotopic (exact) mass is 375 g/mol. The first-order valence-corrected chi connectivity index (χ1v) is 7.69. The molecule has 9 heteroatoms. The van der Waals surface area contributed by atoms with Crippen LogP contribution in [0.1, 0.15) is 16.7 Å². The molecular weight excluding hydrogens is 363 g/mol. The van der Waals surface area contributed by atoms with Crippen LogP contribution in [0.25, 0.3) is 0 Å². The molecule has 1 unspecified atom stereocenters. The fourth-order valence-corrected chi connectivity index (χ4v) is 2.93. The van der Waals surface area contributed by atoms with Gasteiger partial charge >= 0.3 is 12.2 Å². The molecule has 0 aliphatic carbocycles. The summed E-state index contributed by atoms with van der Waals surface area (Å²) in [5, 5.41) is 21.0. The predicted octanol–water partition coefficient (Wildman–Crippen LogP) is 2.52. The lowest BCUT2D eigenvalue weighted by Crippen LogP contribution is -2.47. The van der Waals surface area contributed by atoms with Gasteiger partial charge in [0, 0.05) is 0 Å². The highest BCUT2D eigenvalue weighted by atomic mass is 19.4. The maximum Gasteiger partial charge on any atom is 0.417 e. The van der Waals surface area contributed by atoms with E-state index in [9.17, 15) is 27.9 Å². The Balaban J connectivity index is 2.10. The topological polar surface area (TPSA) is 93.4 Å². The number of amides is 3. The number of nitrogens with zero attached hydrogens (tertiary/aromatic N) is 2. The highest BCUT2D eigenvalue weighted by Crippen LogP contribution is 2.37. The fraction of sp³-hybridized carbons (Fsp3) is 0.167. The molecule has 1 atom stereocenters. The van der Waals surface area contributed by atoms with E-state index in [1.807, 2.05) is 0 Å². The number of carbonyl (C=O) groups excluding carboxylic acids is 2. The number of hydrogen-bond donors (Lipinski definition) is 2. The average Bonchev–Trinajstić information content (AvgIpc) is 2.92. The predicted molar refractivity (Wildman–Crippen MR) is 87.4 cm³/mol. The number of aliphatic hydroxyl groups excluding tert-OH is 1. The van der Waals surface area contributed by atoms with Crippen molar-refractivity contribution in [1.29, 1.82) is 5.26 Å². The van der Waals surface area contributed by atoms with Gasteiger partial charge in [-0.15, -0.1) is 0 Å². The van der Waals surface area contributed by atoms with Crippen LogP contribution in [0.5, 0.6) is 0 Å². The largest absolute Gasteiger partial charge is 0.417 e. The van der Waals surface area contributed by atoms with Gasteiger partial charge in [0.15, 0.2) is 5.54 Å². The van der Waals surface area contributed by atoms with E-state index in [0.717, 1.165) is 12.1 Å². The Bertz CT molecular complexity index is 954. The average molecular weight is 375 g/mol. The van der Waals surface area contributed by atoms with Crippen LogP contribution in [-0.4, -0.2) is 23.7 Å². The first kappa shape index (κ1) is 18.4. The zero-order chi connectivity index (χ0) is 19.8. The fourth-order valence-electron chi connectivity index (χ4n) is 2.93. The second-order valence-electron chi connectivity index (χ2n) is 5.84. The molecule has 1 saturated heterocycles. The van der Waals surface area contributed by atoms with E-state index < -0.39 is 41.4 Å².